The molecule has 2 aromatic rings. The van der Waals surface area contributed by atoms with E-state index in [1.807, 2.05) is 30.3 Å². The number of halogens is 2. The summed E-state index contributed by atoms with van der Waals surface area (Å²) in [5.74, 6) is -2.92. The Hall–Kier alpha value is -2.76. The van der Waals surface area contributed by atoms with E-state index in [4.69, 9.17) is 0 Å². The maximum atomic E-state index is 13.4. The first-order valence-corrected chi connectivity index (χ1v) is 7.55. The fraction of sp³-hybridized carbons (Fsp3) is 0.222. The molecule has 0 aromatic heterocycles. The van der Waals surface area contributed by atoms with Crippen LogP contribution in [0.3, 0.4) is 0 Å². The number of carbonyl (C=O) groups is 2. The van der Waals surface area contributed by atoms with E-state index in [1.54, 1.807) is 4.90 Å². The van der Waals surface area contributed by atoms with Crippen LogP contribution >= 0.6 is 0 Å². The van der Waals surface area contributed by atoms with Crippen LogP contribution in [0.15, 0.2) is 48.5 Å². The fourth-order valence-corrected chi connectivity index (χ4v) is 2.83. The lowest BCUT2D eigenvalue weighted by Gasteiger charge is -2.21. The summed E-state index contributed by atoms with van der Waals surface area (Å²) in [6.45, 7) is 0.274. The zero-order chi connectivity index (χ0) is 17.3. The van der Waals surface area contributed by atoms with Crippen molar-refractivity contribution in [3.05, 3.63) is 60.2 Å². The predicted molar refractivity (Wildman–Crippen MR) is 86.7 cm³/mol. The highest BCUT2D eigenvalue weighted by Crippen LogP contribution is 2.27. The minimum Gasteiger partial charge on any atom is -0.315 e. The van der Waals surface area contributed by atoms with Crippen molar-refractivity contribution in [1.29, 1.82) is 0 Å². The molecule has 124 valence electrons. The Bertz CT molecular complexity index is 780. The van der Waals surface area contributed by atoms with Gasteiger partial charge >= 0.3 is 0 Å². The van der Waals surface area contributed by atoms with E-state index in [-0.39, 0.29) is 30.5 Å². The molecular formula is C18H16F2N2O2. The summed E-state index contributed by atoms with van der Waals surface area (Å²) >= 11 is 0. The molecule has 0 aliphatic carbocycles. The molecule has 1 atom stereocenters. The molecule has 0 spiro atoms. The number of para-hydroxylation sites is 1. The van der Waals surface area contributed by atoms with Crippen LogP contribution in [-0.4, -0.2) is 25.4 Å². The molecular weight excluding hydrogens is 314 g/mol. The number of nitrogens with zero attached hydrogens (tertiary/aromatic N) is 2. The molecule has 1 heterocycles. The summed E-state index contributed by atoms with van der Waals surface area (Å²) in [6, 6.07) is 12.4. The zero-order valence-corrected chi connectivity index (χ0v) is 13.1. The zero-order valence-electron chi connectivity index (χ0n) is 13.1. The monoisotopic (exact) mass is 330 g/mol. The van der Waals surface area contributed by atoms with Crippen LogP contribution in [0.4, 0.5) is 20.2 Å². The lowest BCUT2D eigenvalue weighted by atomic mass is 10.1. The first-order valence-electron chi connectivity index (χ1n) is 7.55. The van der Waals surface area contributed by atoms with Gasteiger partial charge in [0.15, 0.2) is 11.6 Å². The Balaban J connectivity index is 1.76. The normalized spacial score (nSPS) is 17.2. The van der Waals surface area contributed by atoms with Crippen molar-refractivity contribution in [3.8, 4) is 0 Å². The van der Waals surface area contributed by atoms with Crippen molar-refractivity contribution in [1.82, 2.24) is 0 Å². The third-order valence-electron chi connectivity index (χ3n) is 4.16. The second kappa shape index (κ2) is 6.39. The third kappa shape index (κ3) is 2.99. The van der Waals surface area contributed by atoms with Crippen LogP contribution in [0.2, 0.25) is 0 Å². The number of benzene rings is 2. The van der Waals surface area contributed by atoms with E-state index in [0.29, 0.717) is 0 Å². The molecule has 1 fully saturated rings. The van der Waals surface area contributed by atoms with Crippen LogP contribution in [0.25, 0.3) is 0 Å². The van der Waals surface area contributed by atoms with Crippen LogP contribution in [0.1, 0.15) is 6.42 Å². The standard InChI is InChI=1S/C18H16F2N2O2/c1-21(14-7-8-15(19)16(20)10-14)18(24)12-9-17(23)22(11-12)13-5-3-2-4-6-13/h2-8,10,12H,9,11H2,1H3/t12-/m0/s1. The van der Waals surface area contributed by atoms with Gasteiger partial charge in [-0.3, -0.25) is 9.59 Å². The molecule has 0 N–H and O–H groups in total. The van der Waals surface area contributed by atoms with Crippen LogP contribution < -0.4 is 9.80 Å². The SMILES string of the molecule is CN(C(=O)[C@H]1CC(=O)N(c2ccccc2)C1)c1ccc(F)c(F)c1. The molecule has 1 aliphatic rings. The summed E-state index contributed by atoms with van der Waals surface area (Å²) < 4.78 is 26.4. The largest absolute Gasteiger partial charge is 0.315 e. The molecule has 2 aromatic carbocycles. The minimum atomic E-state index is -1.01. The molecule has 6 heteroatoms. The average Bonchev–Trinajstić information content (AvgIpc) is 2.98. The average molecular weight is 330 g/mol. The Morgan fingerprint density at radius 2 is 1.83 bits per heavy atom. The Morgan fingerprint density at radius 3 is 2.50 bits per heavy atom. The van der Waals surface area contributed by atoms with Crippen molar-refractivity contribution in [3.63, 3.8) is 0 Å². The highest BCUT2D eigenvalue weighted by Gasteiger charge is 2.36. The third-order valence-corrected chi connectivity index (χ3v) is 4.16. The maximum absolute atomic E-state index is 13.4. The van der Waals surface area contributed by atoms with Crippen LogP contribution in [-0.2, 0) is 9.59 Å². The van der Waals surface area contributed by atoms with Gasteiger partial charge in [0, 0.05) is 37.5 Å². The van der Waals surface area contributed by atoms with Gasteiger partial charge in [0.2, 0.25) is 11.8 Å². The molecule has 24 heavy (non-hydrogen) atoms. The molecule has 0 unspecified atom stereocenters. The lowest BCUT2D eigenvalue weighted by Crippen LogP contribution is -2.34. The summed E-state index contributed by atoms with van der Waals surface area (Å²) in [5.41, 5.74) is 0.998. The number of anilines is 2. The molecule has 3 rings (SSSR count). The number of rotatable bonds is 3. The van der Waals surface area contributed by atoms with E-state index < -0.39 is 17.6 Å². The molecule has 4 nitrogen and oxygen atoms in total. The Morgan fingerprint density at radius 1 is 1.12 bits per heavy atom. The van der Waals surface area contributed by atoms with Gasteiger partial charge in [0.1, 0.15) is 0 Å². The first-order chi connectivity index (χ1) is 11.5. The van der Waals surface area contributed by atoms with Gasteiger partial charge in [-0.05, 0) is 24.3 Å². The van der Waals surface area contributed by atoms with Crippen LogP contribution in [0, 0.1) is 17.6 Å². The Kier molecular flexibility index (Phi) is 4.29. The molecule has 1 saturated heterocycles. The summed E-state index contributed by atoms with van der Waals surface area (Å²) in [4.78, 5) is 27.6. The van der Waals surface area contributed by atoms with Crippen molar-refractivity contribution in [2.75, 3.05) is 23.4 Å². The number of hydrogen-bond donors (Lipinski definition) is 0. The summed E-state index contributed by atoms with van der Waals surface area (Å²) in [6.07, 6.45) is 0.0990. The van der Waals surface area contributed by atoms with Gasteiger partial charge in [0.05, 0.1) is 5.92 Å². The van der Waals surface area contributed by atoms with Gasteiger partial charge in [0.25, 0.3) is 0 Å². The van der Waals surface area contributed by atoms with Gasteiger partial charge < -0.3 is 9.80 Å². The van der Waals surface area contributed by atoms with E-state index in [9.17, 15) is 18.4 Å². The fourth-order valence-electron chi connectivity index (χ4n) is 2.83. The first kappa shape index (κ1) is 16.1. The summed E-state index contributed by atoms with van der Waals surface area (Å²) in [7, 11) is 1.49. The highest BCUT2D eigenvalue weighted by molar-refractivity contribution is 6.04. The molecule has 0 bridgehead atoms. The quantitative estimate of drug-likeness (QED) is 0.868. The topological polar surface area (TPSA) is 40.6 Å². The Labute approximate surface area is 138 Å². The van der Waals surface area contributed by atoms with Crippen molar-refractivity contribution >= 4 is 23.2 Å². The molecule has 1 aliphatic heterocycles. The molecule has 0 saturated carbocycles. The van der Waals surface area contributed by atoms with E-state index in [1.165, 1.54) is 18.0 Å². The van der Waals surface area contributed by atoms with Gasteiger partial charge in [-0.25, -0.2) is 8.78 Å². The van der Waals surface area contributed by atoms with Crippen molar-refractivity contribution in [2.24, 2.45) is 5.92 Å². The second-order valence-electron chi connectivity index (χ2n) is 5.74. The maximum Gasteiger partial charge on any atom is 0.232 e. The van der Waals surface area contributed by atoms with Crippen LogP contribution in [0.5, 0.6) is 0 Å². The van der Waals surface area contributed by atoms with Gasteiger partial charge in [-0.1, -0.05) is 18.2 Å². The van der Waals surface area contributed by atoms with Gasteiger partial charge in [-0.2, -0.15) is 0 Å². The van der Waals surface area contributed by atoms with Gasteiger partial charge in [-0.15, -0.1) is 0 Å². The van der Waals surface area contributed by atoms with E-state index >= 15 is 0 Å². The molecule has 0 radical (unpaired) electrons. The highest BCUT2D eigenvalue weighted by atomic mass is 19.2. The molecule has 2 amide bonds. The van der Waals surface area contributed by atoms with Crippen molar-refractivity contribution < 1.29 is 18.4 Å². The smallest absolute Gasteiger partial charge is 0.232 e. The van der Waals surface area contributed by atoms with E-state index in [2.05, 4.69) is 0 Å². The number of hydrogen-bond acceptors (Lipinski definition) is 2. The second-order valence-corrected chi connectivity index (χ2v) is 5.74. The number of amides is 2. The lowest BCUT2D eigenvalue weighted by molar-refractivity contribution is -0.124. The number of carbonyl (C=O) groups excluding carboxylic acids is 2. The minimum absolute atomic E-state index is 0.0990. The van der Waals surface area contributed by atoms with E-state index in [0.717, 1.165) is 17.8 Å². The summed E-state index contributed by atoms with van der Waals surface area (Å²) in [5, 5.41) is 0. The van der Waals surface area contributed by atoms with Crippen molar-refractivity contribution in [2.45, 2.75) is 6.42 Å². The predicted octanol–water partition coefficient (Wildman–Crippen LogP) is 2.98.